The molecule has 4 aromatic rings. The number of rotatable bonds is 5. The van der Waals surface area contributed by atoms with Gasteiger partial charge in [-0.15, -0.1) is 0 Å². The number of para-hydroxylation sites is 3. The number of fused-ring (bicyclic) bond motifs is 1. The van der Waals surface area contributed by atoms with Crippen LogP contribution < -0.4 is 10.1 Å². The Morgan fingerprint density at radius 3 is 2.56 bits per heavy atom. The van der Waals surface area contributed by atoms with Crippen LogP contribution in [0, 0.1) is 0 Å². The van der Waals surface area contributed by atoms with Gasteiger partial charge in [-0.2, -0.15) is 0 Å². The highest BCUT2D eigenvalue weighted by molar-refractivity contribution is 5.77. The minimum absolute atomic E-state index is 0.182. The van der Waals surface area contributed by atoms with Gasteiger partial charge in [-0.05, 0) is 30.3 Å². The van der Waals surface area contributed by atoms with E-state index in [2.05, 4.69) is 20.3 Å². The van der Waals surface area contributed by atoms with Gasteiger partial charge >= 0.3 is 0 Å². The SMILES string of the molecule is COc1ccccc1C(Nc1nc2ccccc2[nH]1)c1ccccn1. The molecule has 0 aliphatic heterocycles. The van der Waals surface area contributed by atoms with Crippen LogP contribution >= 0.6 is 0 Å². The predicted molar refractivity (Wildman–Crippen MR) is 98.8 cm³/mol. The number of methoxy groups -OCH3 is 1. The molecule has 2 aromatic carbocycles. The topological polar surface area (TPSA) is 62.8 Å². The fourth-order valence-corrected chi connectivity index (χ4v) is 2.92. The Bertz CT molecular complexity index is 948. The van der Waals surface area contributed by atoms with Crippen molar-refractivity contribution >= 4 is 17.0 Å². The van der Waals surface area contributed by atoms with Gasteiger partial charge in [0.05, 0.1) is 23.8 Å². The summed E-state index contributed by atoms with van der Waals surface area (Å²) in [5.41, 5.74) is 3.81. The molecule has 1 unspecified atom stereocenters. The van der Waals surface area contributed by atoms with Crippen molar-refractivity contribution in [2.45, 2.75) is 6.04 Å². The van der Waals surface area contributed by atoms with E-state index in [0.717, 1.165) is 28.0 Å². The van der Waals surface area contributed by atoms with E-state index in [-0.39, 0.29) is 6.04 Å². The van der Waals surface area contributed by atoms with Crippen molar-refractivity contribution in [2.75, 3.05) is 12.4 Å². The van der Waals surface area contributed by atoms with Crippen LogP contribution in [-0.4, -0.2) is 22.1 Å². The molecule has 0 radical (unpaired) electrons. The van der Waals surface area contributed by atoms with Crippen LogP contribution in [0.1, 0.15) is 17.3 Å². The number of benzene rings is 2. The first kappa shape index (κ1) is 15.2. The molecule has 5 nitrogen and oxygen atoms in total. The Balaban J connectivity index is 1.77. The third kappa shape index (κ3) is 3.04. The largest absolute Gasteiger partial charge is 0.496 e. The Kier molecular flexibility index (Phi) is 4.04. The van der Waals surface area contributed by atoms with Gasteiger partial charge in [-0.25, -0.2) is 4.98 Å². The average molecular weight is 330 g/mol. The zero-order valence-corrected chi connectivity index (χ0v) is 13.8. The molecule has 0 aliphatic carbocycles. The van der Waals surface area contributed by atoms with Crippen molar-refractivity contribution < 1.29 is 4.74 Å². The van der Waals surface area contributed by atoms with Crippen LogP contribution in [0.3, 0.4) is 0 Å². The lowest BCUT2D eigenvalue weighted by atomic mass is 10.0. The average Bonchev–Trinajstić information content (AvgIpc) is 3.09. The summed E-state index contributed by atoms with van der Waals surface area (Å²) in [6, 6.07) is 21.6. The Labute approximate surface area is 145 Å². The highest BCUT2D eigenvalue weighted by atomic mass is 16.5. The smallest absolute Gasteiger partial charge is 0.201 e. The fraction of sp³-hybridized carbons (Fsp3) is 0.100. The molecule has 4 rings (SSSR count). The van der Waals surface area contributed by atoms with Crippen LogP contribution in [0.25, 0.3) is 11.0 Å². The fourth-order valence-electron chi connectivity index (χ4n) is 2.92. The number of hydrogen-bond donors (Lipinski definition) is 2. The molecule has 0 aliphatic rings. The van der Waals surface area contributed by atoms with Crippen LogP contribution in [-0.2, 0) is 0 Å². The molecule has 0 saturated carbocycles. The molecule has 5 heteroatoms. The van der Waals surface area contributed by atoms with E-state index in [0.29, 0.717) is 5.95 Å². The molecular formula is C20H18N4O. The number of ether oxygens (including phenoxy) is 1. The second-order valence-electron chi connectivity index (χ2n) is 5.68. The third-order valence-electron chi connectivity index (χ3n) is 4.10. The van der Waals surface area contributed by atoms with Gasteiger partial charge in [0, 0.05) is 11.8 Å². The molecule has 1 atom stereocenters. The number of nitrogens with one attached hydrogen (secondary N) is 2. The Morgan fingerprint density at radius 1 is 0.960 bits per heavy atom. The van der Waals surface area contributed by atoms with Crippen molar-refractivity contribution in [3.8, 4) is 5.75 Å². The molecule has 0 amide bonds. The molecule has 2 heterocycles. The van der Waals surface area contributed by atoms with E-state index in [1.807, 2.05) is 66.7 Å². The van der Waals surface area contributed by atoms with Gasteiger partial charge in [0.25, 0.3) is 0 Å². The molecule has 0 fully saturated rings. The number of aromatic amines is 1. The zero-order chi connectivity index (χ0) is 17.1. The number of aromatic nitrogens is 3. The lowest BCUT2D eigenvalue weighted by Gasteiger charge is -2.20. The van der Waals surface area contributed by atoms with Crippen molar-refractivity contribution in [1.29, 1.82) is 0 Å². The maximum Gasteiger partial charge on any atom is 0.201 e. The number of hydrogen-bond acceptors (Lipinski definition) is 4. The summed E-state index contributed by atoms with van der Waals surface area (Å²) in [6.45, 7) is 0. The van der Waals surface area contributed by atoms with Crippen LogP contribution in [0.15, 0.2) is 72.9 Å². The highest BCUT2D eigenvalue weighted by Gasteiger charge is 2.20. The summed E-state index contributed by atoms with van der Waals surface area (Å²) >= 11 is 0. The number of imidazole rings is 1. The Hall–Kier alpha value is -3.34. The second kappa shape index (κ2) is 6.65. The highest BCUT2D eigenvalue weighted by Crippen LogP contribution is 2.31. The van der Waals surface area contributed by atoms with E-state index in [1.165, 1.54) is 0 Å². The Morgan fingerprint density at radius 2 is 1.76 bits per heavy atom. The van der Waals surface area contributed by atoms with Gasteiger partial charge in [0.2, 0.25) is 5.95 Å². The van der Waals surface area contributed by atoms with Crippen LogP contribution in [0.5, 0.6) is 5.75 Å². The lowest BCUT2D eigenvalue weighted by molar-refractivity contribution is 0.408. The molecular weight excluding hydrogens is 312 g/mol. The number of H-pyrrole nitrogens is 1. The first-order valence-electron chi connectivity index (χ1n) is 8.10. The lowest BCUT2D eigenvalue weighted by Crippen LogP contribution is -2.15. The monoisotopic (exact) mass is 330 g/mol. The zero-order valence-electron chi connectivity index (χ0n) is 13.8. The summed E-state index contributed by atoms with van der Waals surface area (Å²) in [4.78, 5) is 12.5. The van der Waals surface area contributed by atoms with E-state index in [4.69, 9.17) is 4.74 Å². The summed E-state index contributed by atoms with van der Waals surface area (Å²) in [5, 5.41) is 3.47. The van der Waals surface area contributed by atoms with Crippen molar-refractivity contribution in [2.24, 2.45) is 0 Å². The summed E-state index contributed by atoms with van der Waals surface area (Å²) < 4.78 is 5.55. The third-order valence-corrected chi connectivity index (χ3v) is 4.10. The quantitative estimate of drug-likeness (QED) is 0.576. The number of pyridine rings is 1. The van der Waals surface area contributed by atoms with Gasteiger partial charge < -0.3 is 15.0 Å². The van der Waals surface area contributed by atoms with E-state index < -0.39 is 0 Å². The number of nitrogens with zero attached hydrogens (tertiary/aromatic N) is 2. The second-order valence-corrected chi connectivity index (χ2v) is 5.68. The minimum Gasteiger partial charge on any atom is -0.496 e. The molecule has 2 N–H and O–H groups in total. The van der Waals surface area contributed by atoms with E-state index >= 15 is 0 Å². The van der Waals surface area contributed by atoms with Crippen LogP contribution in [0.4, 0.5) is 5.95 Å². The summed E-state index contributed by atoms with van der Waals surface area (Å²) in [6.07, 6.45) is 1.79. The molecule has 25 heavy (non-hydrogen) atoms. The molecule has 2 aromatic heterocycles. The summed E-state index contributed by atoms with van der Waals surface area (Å²) in [5.74, 6) is 1.50. The van der Waals surface area contributed by atoms with Crippen molar-refractivity contribution in [3.05, 3.63) is 84.2 Å². The van der Waals surface area contributed by atoms with Crippen molar-refractivity contribution in [3.63, 3.8) is 0 Å². The maximum atomic E-state index is 5.55. The summed E-state index contributed by atoms with van der Waals surface area (Å²) in [7, 11) is 1.68. The first-order chi connectivity index (χ1) is 12.3. The van der Waals surface area contributed by atoms with E-state index in [9.17, 15) is 0 Å². The standard InChI is InChI=1S/C20H18N4O/c1-25-18-12-5-2-8-14(18)19(17-11-6-7-13-21-17)24-20-22-15-9-3-4-10-16(15)23-20/h2-13,19H,1H3,(H2,22,23,24). The normalized spacial score (nSPS) is 12.0. The van der Waals surface area contributed by atoms with Gasteiger partial charge in [-0.1, -0.05) is 36.4 Å². The minimum atomic E-state index is -0.182. The maximum absolute atomic E-state index is 5.55. The van der Waals surface area contributed by atoms with Crippen LogP contribution in [0.2, 0.25) is 0 Å². The van der Waals surface area contributed by atoms with Gasteiger partial charge in [-0.3, -0.25) is 4.98 Å². The molecule has 0 saturated heterocycles. The first-order valence-corrected chi connectivity index (χ1v) is 8.10. The molecule has 0 bridgehead atoms. The van der Waals surface area contributed by atoms with Crippen molar-refractivity contribution in [1.82, 2.24) is 15.0 Å². The number of anilines is 1. The van der Waals surface area contributed by atoms with Gasteiger partial charge in [0.1, 0.15) is 11.8 Å². The molecule has 124 valence electrons. The predicted octanol–water partition coefficient (Wildman–Crippen LogP) is 4.17. The van der Waals surface area contributed by atoms with E-state index in [1.54, 1.807) is 13.3 Å². The molecule has 0 spiro atoms. The van der Waals surface area contributed by atoms with Gasteiger partial charge in [0.15, 0.2) is 0 Å².